The molecule has 38 valence electrons. The Morgan fingerprint density at radius 2 is 2.00 bits per heavy atom. The average Bonchev–Trinajstić information content (AvgIpc) is 1.73. The Kier molecular flexibility index (Phi) is 14.4. The fourth-order valence-electron chi connectivity index (χ4n) is 0. The van der Waals surface area contributed by atoms with Gasteiger partial charge in [-0.3, -0.25) is 4.79 Å². The SMILES string of the molecule is NCC(=O)O.[CH3][Na]. The van der Waals surface area contributed by atoms with Crippen LogP contribution in [0.4, 0.5) is 0 Å². The van der Waals surface area contributed by atoms with Crippen molar-refractivity contribution in [2.75, 3.05) is 6.54 Å². The van der Waals surface area contributed by atoms with Crippen LogP contribution in [0.5, 0.6) is 0 Å². The maximum absolute atomic E-state index is 9.24. The van der Waals surface area contributed by atoms with Crippen LogP contribution in [-0.2, 0) is 4.79 Å². The van der Waals surface area contributed by atoms with Crippen LogP contribution in [0.25, 0.3) is 0 Å². The van der Waals surface area contributed by atoms with Crippen molar-refractivity contribution in [1.29, 1.82) is 0 Å². The third-order valence-corrected chi connectivity index (χ3v) is 0.175. The van der Waals surface area contributed by atoms with Crippen LogP contribution in [-0.4, -0.2) is 45.6 Å². The van der Waals surface area contributed by atoms with Crippen molar-refractivity contribution in [2.45, 2.75) is 4.17 Å². The molecule has 0 radical (unpaired) electrons. The first-order valence-electron chi connectivity index (χ1n) is 2.19. The van der Waals surface area contributed by atoms with Crippen molar-refractivity contribution in [3.8, 4) is 0 Å². The van der Waals surface area contributed by atoms with Gasteiger partial charge in [-0.05, 0) is 0 Å². The van der Waals surface area contributed by atoms with E-state index in [1.807, 2.05) is 0 Å². The summed E-state index contributed by atoms with van der Waals surface area (Å²) in [6.45, 7) is -0.278. The molecule has 7 heavy (non-hydrogen) atoms. The molecule has 0 aromatic rings. The van der Waals surface area contributed by atoms with E-state index in [-0.39, 0.29) is 6.54 Å². The van der Waals surface area contributed by atoms with Crippen LogP contribution in [0.3, 0.4) is 0 Å². The summed E-state index contributed by atoms with van der Waals surface area (Å²) >= 11 is 1.31. The first-order valence-corrected chi connectivity index (χ1v) is 4.19. The molecule has 0 spiro atoms. The summed E-state index contributed by atoms with van der Waals surface area (Å²) in [6, 6.07) is 0. The number of carboxylic acids is 1. The van der Waals surface area contributed by atoms with E-state index >= 15 is 0 Å². The summed E-state index contributed by atoms with van der Waals surface area (Å²) in [5.41, 5.74) is 4.57. The third-order valence-electron chi connectivity index (χ3n) is 0.175. The van der Waals surface area contributed by atoms with Crippen LogP contribution >= 0.6 is 0 Å². The van der Waals surface area contributed by atoms with Crippen molar-refractivity contribution in [1.82, 2.24) is 0 Å². The second-order valence-corrected chi connectivity index (χ2v) is 0.598. The Bertz CT molecular complexity index is 48.2. The number of hydrogen-bond donors (Lipinski definition) is 2. The number of rotatable bonds is 1. The molecule has 0 aliphatic carbocycles. The van der Waals surface area contributed by atoms with Crippen molar-refractivity contribution >= 4 is 33.9 Å². The number of hydrogen-bond acceptors (Lipinski definition) is 2. The first-order chi connectivity index (χ1) is 3.27. The van der Waals surface area contributed by atoms with Gasteiger partial charge < -0.3 is 10.8 Å². The van der Waals surface area contributed by atoms with E-state index in [4.69, 9.17) is 5.11 Å². The molecule has 0 saturated heterocycles. The zero-order valence-corrected chi connectivity index (χ0v) is 6.64. The van der Waals surface area contributed by atoms with E-state index in [2.05, 4.69) is 9.91 Å². The summed E-state index contributed by atoms with van der Waals surface area (Å²) in [7, 11) is 0. The Morgan fingerprint density at radius 3 is 2.00 bits per heavy atom. The summed E-state index contributed by atoms with van der Waals surface area (Å²) < 4.78 is 2.14. The van der Waals surface area contributed by atoms with Gasteiger partial charge in [0.25, 0.3) is 0 Å². The second-order valence-electron chi connectivity index (χ2n) is 0.598. The number of aliphatic carboxylic acids is 1. The molecule has 0 fully saturated rings. The van der Waals surface area contributed by atoms with Crippen LogP contribution in [0, 0.1) is 0 Å². The molecule has 0 aliphatic rings. The number of carbonyl (C=O) groups is 1. The van der Waals surface area contributed by atoms with Crippen molar-refractivity contribution in [2.24, 2.45) is 5.73 Å². The van der Waals surface area contributed by atoms with Crippen LogP contribution in [0.1, 0.15) is 0 Å². The molecule has 0 bridgehead atoms. The fourth-order valence-corrected chi connectivity index (χ4v) is 0. The van der Waals surface area contributed by atoms with Crippen LogP contribution in [0.2, 0.25) is 4.17 Å². The van der Waals surface area contributed by atoms with Gasteiger partial charge in [-0.2, -0.15) is 0 Å². The molecule has 0 heterocycles. The first kappa shape index (κ1) is 10.4. The monoisotopic (exact) mass is 113 g/mol. The van der Waals surface area contributed by atoms with Crippen molar-refractivity contribution in [3.05, 3.63) is 0 Å². The Hall–Kier alpha value is 0.430. The quantitative estimate of drug-likeness (QED) is 0.439. The van der Waals surface area contributed by atoms with Crippen LogP contribution in [0.15, 0.2) is 0 Å². The van der Waals surface area contributed by atoms with Gasteiger partial charge in [0.05, 0.1) is 6.54 Å². The standard InChI is InChI=1S/C2H5NO2.CH3.Na/c3-1-2(4)5;;/h1,3H2,(H,4,5);1H3;. The second kappa shape index (κ2) is 9.66. The van der Waals surface area contributed by atoms with Crippen LogP contribution < -0.4 is 5.73 Å². The Morgan fingerprint density at radius 1 is 1.86 bits per heavy atom. The van der Waals surface area contributed by atoms with E-state index in [1.54, 1.807) is 0 Å². The fraction of sp³-hybridized carbons (Fsp3) is 0.667. The summed E-state index contributed by atoms with van der Waals surface area (Å²) in [4.78, 5) is 9.24. The van der Waals surface area contributed by atoms with Crippen molar-refractivity contribution < 1.29 is 9.90 Å². The Balaban J connectivity index is 0. The van der Waals surface area contributed by atoms with Gasteiger partial charge in [0.1, 0.15) is 0 Å². The minimum absolute atomic E-state index is 0.278. The molecule has 0 amide bonds. The van der Waals surface area contributed by atoms with Gasteiger partial charge in [-0.15, -0.1) is 0 Å². The molecular formula is C3H8NNaO2. The molecule has 0 aromatic carbocycles. The summed E-state index contributed by atoms with van der Waals surface area (Å²) in [5, 5.41) is 7.60. The molecule has 3 nitrogen and oxygen atoms in total. The van der Waals surface area contributed by atoms with Gasteiger partial charge in [-0.1, -0.05) is 0 Å². The van der Waals surface area contributed by atoms with E-state index < -0.39 is 5.97 Å². The topological polar surface area (TPSA) is 63.3 Å². The Labute approximate surface area is 60.3 Å². The van der Waals surface area contributed by atoms with E-state index in [0.29, 0.717) is 0 Å². The molecule has 3 N–H and O–H groups in total. The predicted octanol–water partition coefficient (Wildman–Crippen LogP) is -0.767. The van der Waals surface area contributed by atoms with Gasteiger partial charge in [0.2, 0.25) is 0 Å². The average molecular weight is 113 g/mol. The molecule has 0 unspecified atom stereocenters. The van der Waals surface area contributed by atoms with Gasteiger partial charge >= 0.3 is 38.1 Å². The van der Waals surface area contributed by atoms with Gasteiger partial charge in [-0.25, -0.2) is 0 Å². The zero-order chi connectivity index (χ0) is 6.28. The maximum atomic E-state index is 9.24. The van der Waals surface area contributed by atoms with E-state index in [9.17, 15) is 4.79 Å². The molecule has 0 aromatic heterocycles. The molecule has 0 atom stereocenters. The molecule has 4 heteroatoms. The molecule has 0 aliphatic heterocycles. The molecule has 0 saturated carbocycles. The van der Waals surface area contributed by atoms with Crippen molar-refractivity contribution in [3.63, 3.8) is 0 Å². The summed E-state index contributed by atoms with van der Waals surface area (Å²) in [6.07, 6.45) is 0. The van der Waals surface area contributed by atoms with Gasteiger partial charge in [0, 0.05) is 0 Å². The molecule has 0 rings (SSSR count). The van der Waals surface area contributed by atoms with E-state index in [1.165, 1.54) is 27.9 Å². The zero-order valence-electron chi connectivity index (χ0n) is 4.64. The van der Waals surface area contributed by atoms with E-state index in [0.717, 1.165) is 0 Å². The number of carboxylic acid groups (broad SMARTS) is 1. The van der Waals surface area contributed by atoms with Gasteiger partial charge in [0.15, 0.2) is 0 Å². The summed E-state index contributed by atoms with van der Waals surface area (Å²) in [5.74, 6) is -0.968. The molecular weight excluding hydrogens is 105 g/mol. The minimum atomic E-state index is -0.968. The predicted molar refractivity (Wildman–Crippen MR) is 28.3 cm³/mol. The normalized spacial score (nSPS) is 6.29. The number of nitrogens with two attached hydrogens (primary N) is 1. The third kappa shape index (κ3) is 21.4.